The van der Waals surface area contributed by atoms with E-state index in [2.05, 4.69) is 12.1 Å². The first-order valence-corrected chi connectivity index (χ1v) is 12.4. The van der Waals surface area contributed by atoms with Gasteiger partial charge in [-0.15, -0.1) is 0 Å². The molecule has 3 aromatic carbocycles. The zero-order chi connectivity index (χ0) is 25.3. The van der Waals surface area contributed by atoms with Gasteiger partial charge in [0.05, 0.1) is 18.2 Å². The predicted molar refractivity (Wildman–Crippen MR) is 141 cm³/mol. The van der Waals surface area contributed by atoms with Gasteiger partial charge in [0.15, 0.2) is 0 Å². The molecule has 0 aromatic heterocycles. The fourth-order valence-corrected chi connectivity index (χ4v) is 4.58. The molecule has 3 aromatic rings. The summed E-state index contributed by atoms with van der Waals surface area (Å²) in [6, 6.07) is 25.7. The lowest BCUT2D eigenvalue weighted by molar-refractivity contribution is -0.141. The molecule has 0 unspecified atom stereocenters. The van der Waals surface area contributed by atoms with E-state index in [0.29, 0.717) is 38.1 Å². The standard InChI is InChI=1S/C30H31N3O3/c1-2-36-30(35)22-32(21-25-7-4-3-5-8-25)27-15-16-28-26(19-27)9-6-18-33(28)29(34)17-14-23-10-12-24(20-31)13-11-23/h3-5,7-8,10-13,15-16,19H,2,6,9,14,17-18,21-22H2,1H3. The number of carbonyl (C=O) groups excluding carboxylic acids is 2. The van der Waals surface area contributed by atoms with E-state index in [-0.39, 0.29) is 18.4 Å². The Morgan fingerprint density at radius 2 is 1.81 bits per heavy atom. The number of rotatable bonds is 9. The zero-order valence-corrected chi connectivity index (χ0v) is 20.7. The van der Waals surface area contributed by atoms with Gasteiger partial charge >= 0.3 is 5.97 Å². The average Bonchev–Trinajstić information content (AvgIpc) is 2.91. The van der Waals surface area contributed by atoms with Gasteiger partial charge in [-0.3, -0.25) is 9.59 Å². The van der Waals surface area contributed by atoms with E-state index in [9.17, 15) is 9.59 Å². The molecule has 0 aliphatic carbocycles. The number of carbonyl (C=O) groups is 2. The second-order valence-electron chi connectivity index (χ2n) is 8.92. The van der Waals surface area contributed by atoms with Crippen molar-refractivity contribution in [3.8, 4) is 6.07 Å². The van der Waals surface area contributed by atoms with E-state index in [1.807, 2.05) is 71.3 Å². The number of aryl methyl sites for hydroxylation is 2. The number of hydrogen-bond acceptors (Lipinski definition) is 5. The topological polar surface area (TPSA) is 73.6 Å². The molecule has 0 spiro atoms. The number of anilines is 2. The summed E-state index contributed by atoms with van der Waals surface area (Å²) < 4.78 is 5.22. The van der Waals surface area contributed by atoms with Crippen LogP contribution in [0.3, 0.4) is 0 Å². The van der Waals surface area contributed by atoms with Gasteiger partial charge in [0, 0.05) is 30.9 Å². The van der Waals surface area contributed by atoms with Crippen LogP contribution in [0.25, 0.3) is 0 Å². The number of ether oxygens (including phenoxy) is 1. The molecule has 4 rings (SSSR count). The molecule has 1 aliphatic heterocycles. The lowest BCUT2D eigenvalue weighted by Crippen LogP contribution is -2.36. The third kappa shape index (κ3) is 6.31. The van der Waals surface area contributed by atoms with Gasteiger partial charge < -0.3 is 14.5 Å². The van der Waals surface area contributed by atoms with Crippen LogP contribution in [0.4, 0.5) is 11.4 Å². The molecule has 0 radical (unpaired) electrons. The van der Waals surface area contributed by atoms with Crippen molar-refractivity contribution in [1.29, 1.82) is 5.26 Å². The third-order valence-electron chi connectivity index (χ3n) is 6.40. The van der Waals surface area contributed by atoms with Crippen LogP contribution < -0.4 is 9.80 Å². The SMILES string of the molecule is CCOC(=O)CN(Cc1ccccc1)c1ccc2c(c1)CCCN2C(=O)CCc1ccc(C#N)cc1. The van der Waals surface area contributed by atoms with Crippen molar-refractivity contribution in [2.24, 2.45) is 0 Å². The van der Waals surface area contributed by atoms with Crippen molar-refractivity contribution in [3.05, 3.63) is 95.1 Å². The summed E-state index contributed by atoms with van der Waals surface area (Å²) in [5, 5.41) is 8.97. The lowest BCUT2D eigenvalue weighted by atomic mass is 9.99. The molecule has 0 bridgehead atoms. The van der Waals surface area contributed by atoms with Crippen molar-refractivity contribution < 1.29 is 14.3 Å². The summed E-state index contributed by atoms with van der Waals surface area (Å²) in [5.41, 5.74) is 5.79. The molecule has 0 saturated heterocycles. The fourth-order valence-electron chi connectivity index (χ4n) is 4.58. The Hall–Kier alpha value is -4.11. The molecule has 0 atom stereocenters. The summed E-state index contributed by atoms with van der Waals surface area (Å²) >= 11 is 0. The highest BCUT2D eigenvalue weighted by molar-refractivity contribution is 5.95. The van der Waals surface area contributed by atoms with E-state index >= 15 is 0 Å². The first-order chi connectivity index (χ1) is 17.6. The number of amides is 1. The first-order valence-electron chi connectivity index (χ1n) is 12.4. The third-order valence-corrected chi connectivity index (χ3v) is 6.40. The summed E-state index contributed by atoms with van der Waals surface area (Å²) in [4.78, 5) is 29.4. The Morgan fingerprint density at radius 3 is 2.53 bits per heavy atom. The highest BCUT2D eigenvalue weighted by Crippen LogP contribution is 2.32. The number of nitrogens with zero attached hydrogens (tertiary/aromatic N) is 3. The second-order valence-corrected chi connectivity index (χ2v) is 8.92. The van der Waals surface area contributed by atoms with Gasteiger partial charge in [-0.25, -0.2) is 0 Å². The maximum atomic E-state index is 13.1. The first kappa shape index (κ1) is 25.0. The average molecular weight is 482 g/mol. The van der Waals surface area contributed by atoms with Gasteiger partial charge in [-0.05, 0) is 73.2 Å². The van der Waals surface area contributed by atoms with E-state index in [1.54, 1.807) is 12.1 Å². The van der Waals surface area contributed by atoms with E-state index in [0.717, 1.165) is 40.9 Å². The molecule has 184 valence electrons. The van der Waals surface area contributed by atoms with Gasteiger partial charge in [-0.2, -0.15) is 5.26 Å². The minimum absolute atomic E-state index is 0.0979. The van der Waals surface area contributed by atoms with Crippen molar-refractivity contribution in [2.45, 2.75) is 39.2 Å². The van der Waals surface area contributed by atoms with Crippen molar-refractivity contribution in [3.63, 3.8) is 0 Å². The smallest absolute Gasteiger partial charge is 0.325 e. The zero-order valence-electron chi connectivity index (χ0n) is 20.7. The molecular weight excluding hydrogens is 450 g/mol. The van der Waals surface area contributed by atoms with Gasteiger partial charge in [0.1, 0.15) is 6.54 Å². The van der Waals surface area contributed by atoms with Gasteiger partial charge in [0.25, 0.3) is 0 Å². The number of fused-ring (bicyclic) bond motifs is 1. The van der Waals surface area contributed by atoms with Crippen LogP contribution in [-0.4, -0.2) is 31.6 Å². The maximum absolute atomic E-state index is 13.1. The van der Waals surface area contributed by atoms with Crippen LogP contribution in [0.5, 0.6) is 0 Å². The Morgan fingerprint density at radius 1 is 1.03 bits per heavy atom. The molecule has 1 amide bonds. The lowest BCUT2D eigenvalue weighted by Gasteiger charge is -2.32. The van der Waals surface area contributed by atoms with Crippen LogP contribution in [0.2, 0.25) is 0 Å². The molecule has 1 aliphatic rings. The molecular formula is C30H31N3O3. The van der Waals surface area contributed by atoms with E-state index in [4.69, 9.17) is 10.00 Å². The molecule has 6 heteroatoms. The number of benzene rings is 3. The Balaban J connectivity index is 1.50. The monoisotopic (exact) mass is 481 g/mol. The van der Waals surface area contributed by atoms with Crippen LogP contribution in [0, 0.1) is 11.3 Å². The van der Waals surface area contributed by atoms with Crippen LogP contribution in [0.1, 0.15) is 42.0 Å². The van der Waals surface area contributed by atoms with E-state index < -0.39 is 0 Å². The molecule has 6 nitrogen and oxygen atoms in total. The number of esters is 1. The highest BCUT2D eigenvalue weighted by atomic mass is 16.5. The van der Waals surface area contributed by atoms with E-state index in [1.165, 1.54) is 0 Å². The summed E-state index contributed by atoms with van der Waals surface area (Å²) in [7, 11) is 0. The Bertz CT molecular complexity index is 1230. The molecule has 0 saturated carbocycles. The minimum Gasteiger partial charge on any atom is -0.465 e. The van der Waals surface area contributed by atoms with Crippen LogP contribution >= 0.6 is 0 Å². The summed E-state index contributed by atoms with van der Waals surface area (Å²) in [6.07, 6.45) is 2.84. The van der Waals surface area contributed by atoms with Crippen LogP contribution in [0.15, 0.2) is 72.8 Å². The molecule has 36 heavy (non-hydrogen) atoms. The molecule has 0 N–H and O–H groups in total. The van der Waals surface area contributed by atoms with Crippen molar-refractivity contribution >= 4 is 23.3 Å². The number of hydrogen-bond donors (Lipinski definition) is 0. The van der Waals surface area contributed by atoms with Crippen molar-refractivity contribution in [2.75, 3.05) is 29.5 Å². The maximum Gasteiger partial charge on any atom is 0.325 e. The largest absolute Gasteiger partial charge is 0.465 e. The predicted octanol–water partition coefficient (Wildman–Crippen LogP) is 5.04. The van der Waals surface area contributed by atoms with Gasteiger partial charge in [-0.1, -0.05) is 42.5 Å². The Kier molecular flexibility index (Phi) is 8.36. The molecule has 0 fully saturated rings. The normalized spacial score (nSPS) is 12.4. The summed E-state index contributed by atoms with van der Waals surface area (Å²) in [5.74, 6) is -0.161. The van der Waals surface area contributed by atoms with Crippen molar-refractivity contribution in [1.82, 2.24) is 0 Å². The second kappa shape index (κ2) is 12.0. The Labute approximate surface area is 212 Å². The number of nitriles is 1. The molecule has 1 heterocycles. The minimum atomic E-state index is -0.259. The van der Waals surface area contributed by atoms with Gasteiger partial charge in [0.2, 0.25) is 5.91 Å². The summed E-state index contributed by atoms with van der Waals surface area (Å²) in [6.45, 7) is 3.61. The highest BCUT2D eigenvalue weighted by Gasteiger charge is 2.24. The van der Waals surface area contributed by atoms with Crippen LogP contribution in [-0.2, 0) is 33.7 Å². The fraction of sp³-hybridized carbons (Fsp3) is 0.300. The quantitative estimate of drug-likeness (QED) is 0.400.